The highest BCUT2D eigenvalue weighted by molar-refractivity contribution is 4.97. The zero-order valence-corrected chi connectivity index (χ0v) is 14.0. The van der Waals surface area contributed by atoms with Crippen molar-refractivity contribution in [3.8, 4) is 0 Å². The number of hydrogen-bond donors (Lipinski definition) is 1. The Morgan fingerprint density at radius 3 is 1.85 bits per heavy atom. The quantitative estimate of drug-likeness (QED) is 0.332. The van der Waals surface area contributed by atoms with Crippen molar-refractivity contribution in [1.82, 2.24) is 0 Å². The molecule has 1 atom stereocenters. The third-order valence-corrected chi connectivity index (χ3v) is 3.77. The molecule has 0 aliphatic rings. The lowest BCUT2D eigenvalue weighted by molar-refractivity contribution is 0.0968. The topological polar surface area (TPSA) is 29.5 Å². The first-order chi connectivity index (χ1) is 9.76. The highest BCUT2D eigenvalue weighted by Crippen LogP contribution is 2.12. The van der Waals surface area contributed by atoms with Gasteiger partial charge in [-0.05, 0) is 25.8 Å². The Hall–Kier alpha value is -0.500. The fourth-order valence-corrected chi connectivity index (χ4v) is 2.35. The van der Waals surface area contributed by atoms with Crippen LogP contribution in [0.3, 0.4) is 0 Å². The molecule has 120 valence electrons. The molecular formula is C18H36O2. The highest BCUT2D eigenvalue weighted by atomic mass is 16.5. The SMILES string of the molecule is CC=C(OCCCCCCCCCCCC)C(O)CC. The first kappa shape index (κ1) is 19.5. The minimum Gasteiger partial charge on any atom is -0.496 e. The van der Waals surface area contributed by atoms with Crippen LogP contribution in [0.2, 0.25) is 0 Å². The molecule has 0 saturated carbocycles. The number of allylic oxidation sites excluding steroid dienone is 1. The van der Waals surface area contributed by atoms with E-state index in [1.54, 1.807) is 0 Å². The van der Waals surface area contributed by atoms with Crippen molar-refractivity contribution in [2.45, 2.75) is 97.5 Å². The lowest BCUT2D eigenvalue weighted by atomic mass is 10.1. The number of aliphatic hydroxyl groups excluding tert-OH is 1. The number of hydrogen-bond acceptors (Lipinski definition) is 2. The summed E-state index contributed by atoms with van der Waals surface area (Å²) < 4.78 is 5.63. The molecule has 0 bridgehead atoms. The van der Waals surface area contributed by atoms with E-state index in [0.29, 0.717) is 0 Å². The molecular weight excluding hydrogens is 248 g/mol. The van der Waals surface area contributed by atoms with Crippen LogP contribution in [0.4, 0.5) is 0 Å². The first-order valence-corrected chi connectivity index (χ1v) is 8.73. The zero-order valence-electron chi connectivity index (χ0n) is 14.0. The van der Waals surface area contributed by atoms with Crippen LogP contribution < -0.4 is 0 Å². The van der Waals surface area contributed by atoms with E-state index in [0.717, 1.165) is 25.2 Å². The van der Waals surface area contributed by atoms with E-state index < -0.39 is 6.10 Å². The van der Waals surface area contributed by atoms with Gasteiger partial charge < -0.3 is 9.84 Å². The van der Waals surface area contributed by atoms with Gasteiger partial charge in [-0.15, -0.1) is 0 Å². The van der Waals surface area contributed by atoms with Gasteiger partial charge in [0, 0.05) is 0 Å². The smallest absolute Gasteiger partial charge is 0.120 e. The minimum absolute atomic E-state index is 0.428. The molecule has 0 saturated heterocycles. The highest BCUT2D eigenvalue weighted by Gasteiger charge is 2.07. The molecule has 20 heavy (non-hydrogen) atoms. The molecule has 0 aliphatic heterocycles. The van der Waals surface area contributed by atoms with E-state index in [9.17, 15) is 5.11 Å². The Morgan fingerprint density at radius 1 is 0.900 bits per heavy atom. The standard InChI is InChI=1S/C18H36O2/c1-4-7-8-9-10-11-12-13-14-15-16-20-18(6-3)17(19)5-2/h6,17,19H,4-5,7-16H2,1-3H3. The van der Waals surface area contributed by atoms with E-state index in [1.165, 1.54) is 57.8 Å². The molecule has 0 aliphatic carbocycles. The number of ether oxygens (including phenoxy) is 1. The maximum absolute atomic E-state index is 9.69. The average molecular weight is 284 g/mol. The predicted octanol–water partition coefficient (Wildman–Crippen LogP) is 5.60. The molecule has 0 spiro atoms. The second kappa shape index (κ2) is 14.9. The van der Waals surface area contributed by atoms with Gasteiger partial charge in [0.1, 0.15) is 11.9 Å². The van der Waals surface area contributed by atoms with E-state index in [4.69, 9.17) is 4.74 Å². The van der Waals surface area contributed by atoms with Gasteiger partial charge in [0.15, 0.2) is 0 Å². The third kappa shape index (κ3) is 11.3. The molecule has 2 nitrogen and oxygen atoms in total. The second-order valence-electron chi connectivity index (χ2n) is 5.65. The molecule has 0 rings (SSSR count). The van der Waals surface area contributed by atoms with Gasteiger partial charge in [0.2, 0.25) is 0 Å². The van der Waals surface area contributed by atoms with Crippen LogP contribution in [0.1, 0.15) is 91.4 Å². The summed E-state index contributed by atoms with van der Waals surface area (Å²) in [5.41, 5.74) is 0. The summed E-state index contributed by atoms with van der Waals surface area (Å²) in [6.45, 7) is 6.90. The fraction of sp³-hybridized carbons (Fsp3) is 0.889. The summed E-state index contributed by atoms with van der Waals surface area (Å²) in [7, 11) is 0. The summed E-state index contributed by atoms with van der Waals surface area (Å²) in [6, 6.07) is 0. The Morgan fingerprint density at radius 2 is 1.40 bits per heavy atom. The lowest BCUT2D eigenvalue weighted by Gasteiger charge is -2.14. The van der Waals surface area contributed by atoms with Crippen molar-refractivity contribution in [2.24, 2.45) is 0 Å². The molecule has 0 fully saturated rings. The number of rotatable bonds is 14. The van der Waals surface area contributed by atoms with E-state index in [1.807, 2.05) is 19.9 Å². The van der Waals surface area contributed by atoms with Crippen molar-refractivity contribution >= 4 is 0 Å². The maximum Gasteiger partial charge on any atom is 0.120 e. The van der Waals surface area contributed by atoms with Crippen LogP contribution in [0.5, 0.6) is 0 Å². The van der Waals surface area contributed by atoms with Gasteiger partial charge in [-0.3, -0.25) is 0 Å². The van der Waals surface area contributed by atoms with Crippen molar-refractivity contribution in [1.29, 1.82) is 0 Å². The van der Waals surface area contributed by atoms with Crippen LogP contribution >= 0.6 is 0 Å². The molecule has 0 aromatic carbocycles. The number of aliphatic hydroxyl groups is 1. The Kier molecular flexibility index (Phi) is 14.5. The summed E-state index contributed by atoms with van der Waals surface area (Å²) in [5.74, 6) is 0.739. The second-order valence-corrected chi connectivity index (χ2v) is 5.65. The normalized spacial score (nSPS) is 13.5. The molecule has 0 heterocycles. The predicted molar refractivity (Wildman–Crippen MR) is 87.9 cm³/mol. The first-order valence-electron chi connectivity index (χ1n) is 8.73. The average Bonchev–Trinajstić information content (AvgIpc) is 2.48. The summed E-state index contributed by atoms with van der Waals surface area (Å²) in [5, 5.41) is 9.69. The van der Waals surface area contributed by atoms with Gasteiger partial charge in [0.25, 0.3) is 0 Å². The summed E-state index contributed by atoms with van der Waals surface area (Å²) in [6.07, 6.45) is 15.5. The molecule has 1 unspecified atom stereocenters. The van der Waals surface area contributed by atoms with Crippen LogP contribution in [-0.4, -0.2) is 17.8 Å². The number of unbranched alkanes of at least 4 members (excludes halogenated alkanes) is 9. The van der Waals surface area contributed by atoms with Gasteiger partial charge in [-0.25, -0.2) is 0 Å². The third-order valence-electron chi connectivity index (χ3n) is 3.77. The van der Waals surface area contributed by atoms with Crippen molar-refractivity contribution in [2.75, 3.05) is 6.61 Å². The van der Waals surface area contributed by atoms with E-state index in [-0.39, 0.29) is 0 Å². The van der Waals surface area contributed by atoms with Gasteiger partial charge >= 0.3 is 0 Å². The van der Waals surface area contributed by atoms with Crippen LogP contribution in [0, 0.1) is 0 Å². The lowest BCUT2D eigenvalue weighted by Crippen LogP contribution is -2.12. The summed E-state index contributed by atoms with van der Waals surface area (Å²) >= 11 is 0. The molecule has 0 aromatic heterocycles. The molecule has 2 heteroatoms. The Balaban J connectivity index is 3.28. The van der Waals surface area contributed by atoms with Gasteiger partial charge in [-0.2, -0.15) is 0 Å². The van der Waals surface area contributed by atoms with Crippen molar-refractivity contribution < 1.29 is 9.84 Å². The van der Waals surface area contributed by atoms with Gasteiger partial charge in [-0.1, -0.05) is 71.6 Å². The van der Waals surface area contributed by atoms with Crippen molar-refractivity contribution in [3.05, 3.63) is 11.8 Å². The Bertz CT molecular complexity index is 223. The largest absolute Gasteiger partial charge is 0.496 e. The maximum atomic E-state index is 9.69. The molecule has 1 N–H and O–H groups in total. The minimum atomic E-state index is -0.428. The molecule has 0 radical (unpaired) electrons. The van der Waals surface area contributed by atoms with E-state index >= 15 is 0 Å². The monoisotopic (exact) mass is 284 g/mol. The van der Waals surface area contributed by atoms with Crippen LogP contribution in [-0.2, 0) is 4.74 Å². The molecule has 0 aromatic rings. The van der Waals surface area contributed by atoms with E-state index in [2.05, 4.69) is 6.92 Å². The molecule has 0 amide bonds. The van der Waals surface area contributed by atoms with Crippen LogP contribution in [0.25, 0.3) is 0 Å². The van der Waals surface area contributed by atoms with Crippen molar-refractivity contribution in [3.63, 3.8) is 0 Å². The summed E-state index contributed by atoms with van der Waals surface area (Å²) in [4.78, 5) is 0. The zero-order chi connectivity index (χ0) is 15.1. The van der Waals surface area contributed by atoms with Crippen LogP contribution in [0.15, 0.2) is 11.8 Å². The van der Waals surface area contributed by atoms with Gasteiger partial charge in [0.05, 0.1) is 6.61 Å². The Labute approximate surface area is 126 Å². The fourth-order valence-electron chi connectivity index (χ4n) is 2.35.